The van der Waals surface area contributed by atoms with E-state index in [2.05, 4.69) is 14.6 Å². The number of rotatable bonds is 4. The van der Waals surface area contributed by atoms with Crippen LogP contribution in [0.15, 0.2) is 66.7 Å². The lowest BCUT2D eigenvalue weighted by molar-refractivity contribution is 0.102. The van der Waals surface area contributed by atoms with Gasteiger partial charge in [-0.2, -0.15) is 0 Å². The summed E-state index contributed by atoms with van der Waals surface area (Å²) < 4.78 is 10.7. The van der Waals surface area contributed by atoms with E-state index in [1.54, 1.807) is 12.1 Å². The number of hydrogen-bond donors (Lipinski definition) is 1. The second-order valence-electron chi connectivity index (χ2n) is 6.14. The van der Waals surface area contributed by atoms with Gasteiger partial charge >= 0.3 is 0 Å². The minimum atomic E-state index is -0.122. The monoisotopic (exact) mass is 375 g/mol. The van der Waals surface area contributed by atoms with Crippen LogP contribution in [0, 0.1) is 0 Å². The van der Waals surface area contributed by atoms with Crippen LogP contribution in [0.25, 0.3) is 12.2 Å². The first-order valence-corrected chi connectivity index (χ1v) is 9.10. The molecule has 1 N–H and O–H groups in total. The Bertz CT molecular complexity index is 995. The van der Waals surface area contributed by atoms with Gasteiger partial charge < -0.3 is 14.8 Å². The van der Waals surface area contributed by atoms with Gasteiger partial charge in [0.25, 0.3) is 5.91 Å². The Morgan fingerprint density at radius 1 is 0.852 bits per heavy atom. The molecule has 0 radical (unpaired) electrons. The number of ether oxygens (including phenoxy) is 2. The third-order valence-corrected chi connectivity index (χ3v) is 4.59. The van der Waals surface area contributed by atoms with Gasteiger partial charge in [-0.15, -0.1) is 9.24 Å². The van der Waals surface area contributed by atoms with Gasteiger partial charge in [-0.25, -0.2) is 0 Å². The van der Waals surface area contributed by atoms with Crippen LogP contribution in [0.3, 0.4) is 0 Å². The molecule has 1 aliphatic rings. The quantitative estimate of drug-likeness (QED) is 0.545. The predicted octanol–water partition coefficient (Wildman–Crippen LogP) is 4.34. The molecule has 5 heteroatoms. The van der Waals surface area contributed by atoms with Gasteiger partial charge in [-0.05, 0) is 52.8 Å². The fourth-order valence-corrected chi connectivity index (χ4v) is 2.92. The molecule has 1 atom stereocenters. The maximum Gasteiger partial charge on any atom is 0.255 e. The van der Waals surface area contributed by atoms with Crippen molar-refractivity contribution in [2.24, 2.45) is 0 Å². The lowest BCUT2D eigenvalue weighted by Gasteiger charge is -2.06. The molecule has 4 nitrogen and oxygen atoms in total. The molecular weight excluding hydrogens is 357 g/mol. The summed E-state index contributed by atoms with van der Waals surface area (Å²) >= 11 is 0. The average Bonchev–Trinajstić information content (AvgIpc) is 3.16. The second kappa shape index (κ2) is 7.65. The molecule has 0 saturated heterocycles. The lowest BCUT2D eigenvalue weighted by Crippen LogP contribution is -2.12. The summed E-state index contributed by atoms with van der Waals surface area (Å²) in [7, 11) is 2.60. The largest absolute Gasteiger partial charge is 0.454 e. The van der Waals surface area contributed by atoms with E-state index in [1.165, 1.54) is 0 Å². The third kappa shape index (κ3) is 4.18. The van der Waals surface area contributed by atoms with Crippen molar-refractivity contribution in [3.05, 3.63) is 83.4 Å². The van der Waals surface area contributed by atoms with Crippen molar-refractivity contribution in [2.75, 3.05) is 12.1 Å². The number of anilines is 1. The van der Waals surface area contributed by atoms with E-state index in [0.29, 0.717) is 5.56 Å². The van der Waals surface area contributed by atoms with Crippen LogP contribution in [-0.4, -0.2) is 12.7 Å². The van der Waals surface area contributed by atoms with Gasteiger partial charge in [-0.3, -0.25) is 4.79 Å². The Morgan fingerprint density at radius 2 is 1.52 bits per heavy atom. The van der Waals surface area contributed by atoms with Crippen LogP contribution in [0.5, 0.6) is 11.5 Å². The van der Waals surface area contributed by atoms with Crippen LogP contribution in [-0.2, 0) is 0 Å². The van der Waals surface area contributed by atoms with Crippen LogP contribution in [0.2, 0.25) is 0 Å². The van der Waals surface area contributed by atoms with E-state index in [-0.39, 0.29) is 12.7 Å². The highest BCUT2D eigenvalue weighted by molar-refractivity contribution is 7.27. The molecule has 27 heavy (non-hydrogen) atoms. The van der Waals surface area contributed by atoms with Crippen molar-refractivity contribution in [3.8, 4) is 11.5 Å². The molecule has 0 aliphatic carbocycles. The van der Waals surface area contributed by atoms with Crippen molar-refractivity contribution >= 4 is 38.3 Å². The topological polar surface area (TPSA) is 47.6 Å². The molecule has 4 rings (SSSR count). The maximum absolute atomic E-state index is 12.3. The van der Waals surface area contributed by atoms with Crippen molar-refractivity contribution in [2.45, 2.75) is 0 Å². The van der Waals surface area contributed by atoms with Gasteiger partial charge in [0.15, 0.2) is 11.5 Å². The molecule has 3 aromatic rings. The van der Waals surface area contributed by atoms with E-state index in [4.69, 9.17) is 9.47 Å². The highest BCUT2D eigenvalue weighted by Gasteiger charge is 2.12. The molecule has 1 heterocycles. The first-order chi connectivity index (χ1) is 13.2. The molecule has 1 unspecified atom stereocenters. The molecule has 0 aromatic heterocycles. The summed E-state index contributed by atoms with van der Waals surface area (Å²) in [4.78, 5) is 12.3. The Morgan fingerprint density at radius 3 is 2.30 bits per heavy atom. The van der Waals surface area contributed by atoms with Crippen LogP contribution in [0.4, 0.5) is 5.69 Å². The van der Waals surface area contributed by atoms with Crippen LogP contribution >= 0.6 is 9.24 Å². The summed E-state index contributed by atoms with van der Waals surface area (Å²) in [5.74, 6) is 1.42. The minimum Gasteiger partial charge on any atom is -0.454 e. The van der Waals surface area contributed by atoms with E-state index in [9.17, 15) is 4.79 Å². The molecule has 0 saturated carbocycles. The second-order valence-corrected chi connectivity index (χ2v) is 6.81. The first kappa shape index (κ1) is 17.3. The lowest BCUT2D eigenvalue weighted by atomic mass is 10.1. The Hall–Kier alpha value is -3.10. The van der Waals surface area contributed by atoms with Crippen molar-refractivity contribution in [1.82, 2.24) is 0 Å². The highest BCUT2D eigenvalue weighted by Crippen LogP contribution is 2.33. The van der Waals surface area contributed by atoms with Crippen molar-refractivity contribution in [1.29, 1.82) is 0 Å². The number of nitrogens with one attached hydrogen (secondary N) is 1. The van der Waals surface area contributed by atoms with Gasteiger partial charge in [0.2, 0.25) is 6.79 Å². The van der Waals surface area contributed by atoms with Crippen molar-refractivity contribution in [3.63, 3.8) is 0 Å². The highest BCUT2D eigenvalue weighted by atomic mass is 31.0. The molecule has 0 bridgehead atoms. The molecule has 0 fully saturated rings. The fourth-order valence-electron chi connectivity index (χ4n) is 2.72. The number of fused-ring (bicyclic) bond motifs is 1. The first-order valence-electron chi connectivity index (χ1n) is 8.52. The number of hydrogen-bond acceptors (Lipinski definition) is 3. The number of benzene rings is 3. The third-order valence-electron chi connectivity index (χ3n) is 4.21. The summed E-state index contributed by atoms with van der Waals surface area (Å²) in [6, 6.07) is 20.9. The van der Waals surface area contributed by atoms with Gasteiger partial charge in [0.05, 0.1) is 0 Å². The SMILES string of the molecule is O=C(Nc1ccc(/C=C/c2ccc3c(c2)OCO3)cc1)c1ccc(P)cc1. The van der Waals surface area contributed by atoms with Gasteiger partial charge in [0.1, 0.15) is 0 Å². The zero-order chi connectivity index (χ0) is 18.6. The van der Waals surface area contributed by atoms with Crippen molar-refractivity contribution < 1.29 is 14.3 Å². The van der Waals surface area contributed by atoms with E-state index < -0.39 is 0 Å². The van der Waals surface area contributed by atoms with E-state index in [0.717, 1.165) is 33.6 Å². The summed E-state index contributed by atoms with van der Waals surface area (Å²) in [6.07, 6.45) is 4.03. The average molecular weight is 375 g/mol. The summed E-state index contributed by atoms with van der Waals surface area (Å²) in [6.45, 7) is 0.275. The normalized spacial score (nSPS) is 12.3. The van der Waals surface area contributed by atoms with Gasteiger partial charge in [-0.1, -0.05) is 42.5 Å². The molecule has 1 amide bonds. The number of amides is 1. The Labute approximate surface area is 160 Å². The smallest absolute Gasteiger partial charge is 0.255 e. The molecule has 134 valence electrons. The zero-order valence-corrected chi connectivity index (χ0v) is 15.7. The summed E-state index contributed by atoms with van der Waals surface area (Å²) in [5.41, 5.74) is 3.47. The predicted molar refractivity (Wildman–Crippen MR) is 112 cm³/mol. The fraction of sp³-hybridized carbons (Fsp3) is 0.0455. The van der Waals surface area contributed by atoms with Crippen LogP contribution in [0.1, 0.15) is 21.5 Å². The maximum atomic E-state index is 12.3. The van der Waals surface area contributed by atoms with E-state index in [1.807, 2.05) is 66.7 Å². The zero-order valence-electron chi connectivity index (χ0n) is 14.5. The Balaban J connectivity index is 1.41. The number of carbonyl (C=O) groups excluding carboxylic acids is 1. The van der Waals surface area contributed by atoms with Crippen LogP contribution < -0.4 is 20.1 Å². The molecular formula is C22H18NO3P. The number of carbonyl (C=O) groups is 1. The molecule has 1 aliphatic heterocycles. The van der Waals surface area contributed by atoms with Gasteiger partial charge in [0, 0.05) is 11.3 Å². The van der Waals surface area contributed by atoms with E-state index >= 15 is 0 Å². The summed E-state index contributed by atoms with van der Waals surface area (Å²) in [5, 5.41) is 3.95. The molecule has 0 spiro atoms. The standard InChI is InChI=1S/C22H18NO3P/c24-22(17-6-10-19(27)11-7-17)23-18-8-3-15(4-9-18)1-2-16-5-12-20-21(13-16)26-14-25-20/h1-13H,14,27H2,(H,23,24)/b2-1+. The Kier molecular flexibility index (Phi) is 4.91. The molecule has 3 aromatic carbocycles. The minimum absolute atomic E-state index is 0.122.